The largest absolute Gasteiger partial charge is 0.860 e. The van der Waals surface area contributed by atoms with E-state index < -0.39 is 28.5 Å². The summed E-state index contributed by atoms with van der Waals surface area (Å²) in [5.74, 6) is -1.95. The fourth-order valence-electron chi connectivity index (χ4n) is 4.61. The van der Waals surface area contributed by atoms with Gasteiger partial charge in [-0.2, -0.15) is 0 Å². The van der Waals surface area contributed by atoms with Crippen LogP contribution in [-0.2, 0) is 23.6 Å². The number of ether oxygens (including phenoxy) is 2. The van der Waals surface area contributed by atoms with Gasteiger partial charge in [-0.15, -0.1) is 0 Å². The van der Waals surface area contributed by atoms with E-state index in [1.165, 1.54) is 21.2 Å². The molecule has 1 aliphatic heterocycles. The monoisotopic (exact) mass is 501 g/mol. The number of methoxy groups -OCH3 is 1. The molecule has 0 bridgehead atoms. The first-order chi connectivity index (χ1) is 17.0. The molecule has 4 rings (SSSR count). The lowest BCUT2D eigenvalue weighted by Gasteiger charge is -2.34. The van der Waals surface area contributed by atoms with Crippen LogP contribution in [0.15, 0.2) is 45.2 Å². The number of hydrogen-bond acceptors (Lipinski definition) is 7. The number of carbonyl (C=O) groups is 1. The van der Waals surface area contributed by atoms with Crippen molar-refractivity contribution in [3.05, 3.63) is 67.6 Å². The van der Waals surface area contributed by atoms with Crippen molar-refractivity contribution in [2.24, 2.45) is 19.5 Å². The van der Waals surface area contributed by atoms with Crippen molar-refractivity contribution in [1.82, 2.24) is 9.13 Å². The number of morpholine rings is 1. The van der Waals surface area contributed by atoms with E-state index in [1.54, 1.807) is 24.3 Å². The van der Waals surface area contributed by atoms with E-state index in [2.05, 4.69) is 5.32 Å². The van der Waals surface area contributed by atoms with Crippen molar-refractivity contribution in [2.75, 3.05) is 33.4 Å². The Morgan fingerprint density at radius 3 is 2.31 bits per heavy atom. The van der Waals surface area contributed by atoms with Gasteiger partial charge < -0.3 is 29.6 Å². The topological polar surface area (TPSA) is 139 Å². The standard InChI is InChI=1S/C22H26N2O6.C4H9NO/c1-22(2)10-14(25)17(15(26)11-22)16(12-7-6-8-13(9-12)30-5)18-19(27)23(3)21(29)24(4)20(18)28;1-3-6-4-2-5-1/h6-9,16,25,27H,10-11H2,1-5H3;5H,1-4H2. The highest BCUT2D eigenvalue weighted by Crippen LogP contribution is 2.44. The minimum Gasteiger partial charge on any atom is -0.860 e. The maximum absolute atomic E-state index is 13.1. The van der Waals surface area contributed by atoms with Crippen LogP contribution in [0.25, 0.3) is 0 Å². The molecule has 1 unspecified atom stereocenters. The molecule has 0 saturated carbocycles. The highest BCUT2D eigenvalue weighted by atomic mass is 16.5. The molecule has 2 heterocycles. The Kier molecular flexibility index (Phi) is 8.42. The quantitative estimate of drug-likeness (QED) is 0.605. The molecular formula is C26H35N3O7. The smallest absolute Gasteiger partial charge is 0.329 e. The van der Waals surface area contributed by atoms with Gasteiger partial charge in [-0.05, 0) is 29.0 Å². The maximum Gasteiger partial charge on any atom is 0.329 e. The lowest BCUT2D eigenvalue weighted by atomic mass is 9.71. The first-order valence-electron chi connectivity index (χ1n) is 11.9. The highest BCUT2D eigenvalue weighted by Gasteiger charge is 2.39. The third-order valence-electron chi connectivity index (χ3n) is 6.48. The van der Waals surface area contributed by atoms with Gasteiger partial charge in [0, 0.05) is 44.0 Å². The summed E-state index contributed by atoms with van der Waals surface area (Å²) in [6, 6.07) is 6.64. The molecule has 0 spiro atoms. The van der Waals surface area contributed by atoms with Gasteiger partial charge in [-0.1, -0.05) is 26.0 Å². The zero-order chi connectivity index (χ0) is 26.6. The molecule has 36 heavy (non-hydrogen) atoms. The summed E-state index contributed by atoms with van der Waals surface area (Å²) >= 11 is 0. The number of carbonyl (C=O) groups excluding carboxylic acids is 1. The number of nitrogens with zero attached hydrogens (tertiary/aromatic N) is 2. The predicted octanol–water partition coefficient (Wildman–Crippen LogP) is 0.0793. The molecule has 2 aliphatic rings. The van der Waals surface area contributed by atoms with Crippen molar-refractivity contribution < 1.29 is 29.8 Å². The van der Waals surface area contributed by atoms with Gasteiger partial charge in [-0.25, -0.2) is 4.79 Å². The van der Waals surface area contributed by atoms with E-state index >= 15 is 0 Å². The second-order valence-electron chi connectivity index (χ2n) is 9.91. The SMILES string of the molecule is C1COCC[NH2+]1.COc1cccc(C(C2=C(O)CC(C)(C)CC2=O)c2c([O-])n(C)c(=O)n(C)c2=O)c1. The number of quaternary nitrogens is 1. The summed E-state index contributed by atoms with van der Waals surface area (Å²) in [5, 5.41) is 26.1. The highest BCUT2D eigenvalue weighted by molar-refractivity contribution is 5.99. The molecule has 0 amide bonds. The minimum absolute atomic E-state index is 0.00965. The molecule has 1 aromatic carbocycles. The van der Waals surface area contributed by atoms with Crippen LogP contribution in [-0.4, -0.2) is 53.4 Å². The zero-order valence-corrected chi connectivity index (χ0v) is 21.5. The summed E-state index contributed by atoms with van der Waals surface area (Å²) in [4.78, 5) is 38.3. The lowest BCUT2D eigenvalue weighted by molar-refractivity contribution is -0.670. The van der Waals surface area contributed by atoms with Gasteiger partial charge in [0.1, 0.15) is 11.5 Å². The van der Waals surface area contributed by atoms with Crippen LogP contribution in [0.5, 0.6) is 11.6 Å². The number of nitrogens with two attached hydrogens (primary N) is 1. The number of aromatic nitrogens is 2. The Hall–Kier alpha value is -3.37. The van der Waals surface area contributed by atoms with Crippen molar-refractivity contribution in [2.45, 2.75) is 32.6 Å². The van der Waals surface area contributed by atoms with Gasteiger partial charge in [-0.3, -0.25) is 14.2 Å². The summed E-state index contributed by atoms with van der Waals surface area (Å²) in [6.45, 7) is 7.92. The van der Waals surface area contributed by atoms with Crippen molar-refractivity contribution in [3.63, 3.8) is 0 Å². The second-order valence-corrected chi connectivity index (χ2v) is 9.91. The average Bonchev–Trinajstić information content (AvgIpc) is 2.85. The number of Topliss-reactive ketones (excluding diaryl/α,β-unsaturated/α-hetero) is 1. The second kappa shape index (κ2) is 11.1. The Bertz CT molecular complexity index is 1260. The van der Waals surface area contributed by atoms with Crippen molar-refractivity contribution >= 4 is 5.78 Å². The first-order valence-corrected chi connectivity index (χ1v) is 11.9. The van der Waals surface area contributed by atoms with E-state index in [1.807, 2.05) is 13.8 Å². The maximum atomic E-state index is 13.1. The molecule has 1 aliphatic carbocycles. The average molecular weight is 502 g/mol. The lowest BCUT2D eigenvalue weighted by Crippen LogP contribution is -2.87. The summed E-state index contributed by atoms with van der Waals surface area (Å²) < 4.78 is 12.0. The molecule has 1 saturated heterocycles. The molecule has 1 atom stereocenters. The predicted molar refractivity (Wildman–Crippen MR) is 131 cm³/mol. The van der Waals surface area contributed by atoms with Crippen LogP contribution < -0.4 is 26.4 Å². The minimum atomic E-state index is -1.12. The normalized spacial score (nSPS) is 18.3. The number of allylic oxidation sites excluding steroid dienone is 2. The zero-order valence-electron chi connectivity index (χ0n) is 21.5. The number of hydrogen-bond donors (Lipinski definition) is 2. The van der Waals surface area contributed by atoms with E-state index in [-0.39, 0.29) is 35.5 Å². The summed E-state index contributed by atoms with van der Waals surface area (Å²) in [6.07, 6.45) is 0.391. The first kappa shape index (κ1) is 27.2. The molecule has 1 fully saturated rings. The summed E-state index contributed by atoms with van der Waals surface area (Å²) in [7, 11) is 4.02. The third kappa shape index (κ3) is 5.71. The molecule has 10 heteroatoms. The molecule has 2 aromatic rings. The van der Waals surface area contributed by atoms with Crippen LogP contribution in [0, 0.1) is 5.41 Å². The van der Waals surface area contributed by atoms with E-state index in [0.717, 1.165) is 35.4 Å². The number of aliphatic hydroxyl groups excluding tert-OH is 1. The van der Waals surface area contributed by atoms with Crippen LogP contribution in [0.3, 0.4) is 0 Å². The van der Waals surface area contributed by atoms with Gasteiger partial charge in [0.05, 0.1) is 33.4 Å². The van der Waals surface area contributed by atoms with Gasteiger partial charge >= 0.3 is 5.69 Å². The molecule has 196 valence electrons. The fourth-order valence-corrected chi connectivity index (χ4v) is 4.61. The van der Waals surface area contributed by atoms with E-state index in [4.69, 9.17) is 9.47 Å². The van der Waals surface area contributed by atoms with Gasteiger partial charge in [0.25, 0.3) is 5.56 Å². The Balaban J connectivity index is 0.000000526. The van der Waals surface area contributed by atoms with E-state index in [9.17, 15) is 24.6 Å². The van der Waals surface area contributed by atoms with Crippen LogP contribution in [0.1, 0.15) is 43.7 Å². The van der Waals surface area contributed by atoms with Gasteiger partial charge in [0.2, 0.25) is 0 Å². The molecule has 1 aromatic heterocycles. The fraction of sp³-hybridized carbons (Fsp3) is 0.500. The third-order valence-corrected chi connectivity index (χ3v) is 6.48. The van der Waals surface area contributed by atoms with E-state index in [0.29, 0.717) is 11.3 Å². The summed E-state index contributed by atoms with van der Waals surface area (Å²) in [5.41, 5.74) is -1.81. The molecule has 10 nitrogen and oxygen atoms in total. The Morgan fingerprint density at radius 1 is 1.11 bits per heavy atom. The molecule has 0 radical (unpaired) electrons. The Labute approximate surface area is 209 Å². The number of rotatable bonds is 4. The Morgan fingerprint density at radius 2 is 1.78 bits per heavy atom. The molecule has 3 N–H and O–H groups in total. The van der Waals surface area contributed by atoms with Crippen molar-refractivity contribution in [1.29, 1.82) is 0 Å². The van der Waals surface area contributed by atoms with Crippen molar-refractivity contribution in [3.8, 4) is 11.6 Å². The number of ketones is 1. The van der Waals surface area contributed by atoms with Crippen LogP contribution in [0.2, 0.25) is 0 Å². The van der Waals surface area contributed by atoms with Crippen LogP contribution in [0.4, 0.5) is 0 Å². The molecular weight excluding hydrogens is 466 g/mol. The van der Waals surface area contributed by atoms with Gasteiger partial charge in [0.15, 0.2) is 5.78 Å². The number of benzene rings is 1. The van der Waals surface area contributed by atoms with Crippen LogP contribution >= 0.6 is 0 Å². The number of aliphatic hydroxyl groups is 1.